The summed E-state index contributed by atoms with van der Waals surface area (Å²) in [4.78, 5) is 1.24. The summed E-state index contributed by atoms with van der Waals surface area (Å²) in [7, 11) is 0. The van der Waals surface area contributed by atoms with E-state index in [2.05, 4.69) is 36.7 Å². The Labute approximate surface area is 124 Å². The van der Waals surface area contributed by atoms with E-state index >= 15 is 0 Å². The van der Waals surface area contributed by atoms with Crippen LogP contribution in [0, 0.1) is 6.92 Å². The Hall–Kier alpha value is -1.39. The van der Waals surface area contributed by atoms with E-state index in [1.165, 1.54) is 4.90 Å². The molecule has 0 fully saturated rings. The summed E-state index contributed by atoms with van der Waals surface area (Å²) in [5.41, 5.74) is 1.10. The summed E-state index contributed by atoms with van der Waals surface area (Å²) in [6.07, 6.45) is 2.07. The zero-order chi connectivity index (χ0) is 14.4. The number of benzene rings is 1. The van der Waals surface area contributed by atoms with Gasteiger partial charge in [-0.2, -0.15) is 0 Å². The molecule has 20 heavy (non-hydrogen) atoms. The summed E-state index contributed by atoms with van der Waals surface area (Å²) in [6.45, 7) is 6.30. The largest absolute Gasteiger partial charge is 0.489 e. The van der Waals surface area contributed by atoms with Crippen LogP contribution < -0.4 is 10.1 Å². The summed E-state index contributed by atoms with van der Waals surface area (Å²) < 4.78 is 11.5. The van der Waals surface area contributed by atoms with Gasteiger partial charge in [-0.05, 0) is 50.1 Å². The highest BCUT2D eigenvalue weighted by molar-refractivity contribution is 7.98. The van der Waals surface area contributed by atoms with Crippen molar-refractivity contribution in [2.45, 2.75) is 31.9 Å². The molecule has 0 aliphatic heterocycles. The molecule has 0 atom stereocenters. The molecule has 108 valence electrons. The summed E-state index contributed by atoms with van der Waals surface area (Å²) in [5, 5.41) is 3.25. The standard InChI is InChI=1S/C16H21NO2S/c1-4-17-10-15-9-13(12(2)19-15)11-18-14-5-7-16(20-3)8-6-14/h5-9,17H,4,10-11H2,1-3H3. The molecule has 4 heteroatoms. The van der Waals surface area contributed by atoms with Crippen molar-refractivity contribution in [3.63, 3.8) is 0 Å². The van der Waals surface area contributed by atoms with E-state index < -0.39 is 0 Å². The number of aryl methyl sites for hydroxylation is 1. The van der Waals surface area contributed by atoms with E-state index in [4.69, 9.17) is 9.15 Å². The summed E-state index contributed by atoms with van der Waals surface area (Å²) in [6, 6.07) is 10.2. The first kappa shape index (κ1) is 15.0. The van der Waals surface area contributed by atoms with Gasteiger partial charge >= 0.3 is 0 Å². The predicted molar refractivity (Wildman–Crippen MR) is 83.4 cm³/mol. The third-order valence-corrected chi connectivity index (χ3v) is 3.82. The van der Waals surface area contributed by atoms with E-state index in [9.17, 15) is 0 Å². The van der Waals surface area contributed by atoms with Crippen LogP contribution in [0.4, 0.5) is 0 Å². The molecule has 0 bridgehead atoms. The molecule has 0 unspecified atom stereocenters. The lowest BCUT2D eigenvalue weighted by Crippen LogP contribution is -2.10. The highest BCUT2D eigenvalue weighted by Crippen LogP contribution is 2.21. The van der Waals surface area contributed by atoms with Gasteiger partial charge in [0.15, 0.2) is 0 Å². The van der Waals surface area contributed by atoms with E-state index in [1.807, 2.05) is 19.1 Å². The molecular formula is C16H21NO2S. The third kappa shape index (κ3) is 4.05. The van der Waals surface area contributed by atoms with E-state index in [-0.39, 0.29) is 0 Å². The van der Waals surface area contributed by atoms with Gasteiger partial charge in [-0.15, -0.1) is 11.8 Å². The number of ether oxygens (including phenoxy) is 1. The monoisotopic (exact) mass is 291 g/mol. The maximum Gasteiger partial charge on any atom is 0.119 e. The number of furan rings is 1. The Morgan fingerprint density at radius 3 is 2.65 bits per heavy atom. The van der Waals surface area contributed by atoms with Crippen molar-refractivity contribution in [3.05, 3.63) is 47.4 Å². The molecule has 1 N–H and O–H groups in total. The van der Waals surface area contributed by atoms with Gasteiger partial charge in [0, 0.05) is 10.5 Å². The molecule has 2 rings (SSSR count). The molecule has 3 nitrogen and oxygen atoms in total. The van der Waals surface area contributed by atoms with Gasteiger partial charge in [0.25, 0.3) is 0 Å². The first-order chi connectivity index (χ1) is 9.72. The van der Waals surface area contributed by atoms with Crippen LogP contribution in [0.15, 0.2) is 39.6 Å². The molecule has 1 aromatic carbocycles. The predicted octanol–water partition coefficient (Wildman–Crippen LogP) is 4.00. The van der Waals surface area contributed by atoms with Crippen LogP contribution >= 0.6 is 11.8 Å². The first-order valence-electron chi connectivity index (χ1n) is 6.78. The van der Waals surface area contributed by atoms with Crippen LogP contribution in [0.2, 0.25) is 0 Å². The zero-order valence-electron chi connectivity index (χ0n) is 12.2. The molecule has 0 aliphatic rings. The first-order valence-corrected chi connectivity index (χ1v) is 8.01. The number of thioether (sulfide) groups is 1. The molecule has 1 heterocycles. The van der Waals surface area contributed by atoms with Crippen LogP contribution in [-0.4, -0.2) is 12.8 Å². The molecule has 1 aromatic heterocycles. The van der Waals surface area contributed by atoms with Crippen molar-refractivity contribution < 1.29 is 9.15 Å². The molecule has 0 saturated carbocycles. The van der Waals surface area contributed by atoms with Gasteiger partial charge in [-0.3, -0.25) is 0 Å². The van der Waals surface area contributed by atoms with Gasteiger partial charge in [0.1, 0.15) is 23.9 Å². The second-order valence-corrected chi connectivity index (χ2v) is 5.42. The number of rotatable bonds is 7. The normalized spacial score (nSPS) is 10.8. The Morgan fingerprint density at radius 1 is 1.25 bits per heavy atom. The van der Waals surface area contributed by atoms with E-state index in [1.54, 1.807) is 11.8 Å². The fraction of sp³-hybridized carbons (Fsp3) is 0.375. The fourth-order valence-electron chi connectivity index (χ4n) is 1.90. The molecule has 0 saturated heterocycles. The zero-order valence-corrected chi connectivity index (χ0v) is 13.0. The van der Waals surface area contributed by atoms with Crippen LogP contribution in [-0.2, 0) is 13.2 Å². The molecule has 0 spiro atoms. The van der Waals surface area contributed by atoms with Crippen LogP contribution in [0.1, 0.15) is 24.0 Å². The molecule has 0 radical (unpaired) electrons. The Kier molecular flexibility index (Phi) is 5.56. The fourth-order valence-corrected chi connectivity index (χ4v) is 2.31. The Bertz CT molecular complexity index is 534. The summed E-state index contributed by atoms with van der Waals surface area (Å²) >= 11 is 1.73. The van der Waals surface area contributed by atoms with E-state index in [0.29, 0.717) is 6.61 Å². The van der Waals surface area contributed by atoms with Crippen LogP contribution in [0.3, 0.4) is 0 Å². The third-order valence-electron chi connectivity index (χ3n) is 3.07. The van der Waals surface area contributed by atoms with Gasteiger partial charge in [0.2, 0.25) is 0 Å². The maximum atomic E-state index is 5.80. The molecule has 2 aromatic rings. The van der Waals surface area contributed by atoms with Crippen molar-refractivity contribution in [1.82, 2.24) is 5.32 Å². The second-order valence-electron chi connectivity index (χ2n) is 4.54. The van der Waals surface area contributed by atoms with Crippen molar-refractivity contribution in [2.75, 3.05) is 12.8 Å². The number of hydrogen-bond acceptors (Lipinski definition) is 4. The molecular weight excluding hydrogens is 270 g/mol. The highest BCUT2D eigenvalue weighted by Gasteiger charge is 2.07. The minimum absolute atomic E-state index is 0.542. The number of nitrogens with one attached hydrogen (secondary N) is 1. The topological polar surface area (TPSA) is 34.4 Å². The quantitative estimate of drug-likeness (QED) is 0.782. The number of hydrogen-bond donors (Lipinski definition) is 1. The lowest BCUT2D eigenvalue weighted by Gasteiger charge is -2.05. The Balaban J connectivity index is 1.94. The Morgan fingerprint density at radius 2 is 2.00 bits per heavy atom. The van der Waals surface area contributed by atoms with Gasteiger partial charge in [-0.25, -0.2) is 0 Å². The van der Waals surface area contributed by atoms with Crippen molar-refractivity contribution in [3.8, 4) is 5.75 Å². The molecule has 0 aliphatic carbocycles. The summed E-state index contributed by atoms with van der Waals surface area (Å²) in [5.74, 6) is 2.77. The molecule has 0 amide bonds. The lowest BCUT2D eigenvalue weighted by molar-refractivity contribution is 0.303. The van der Waals surface area contributed by atoms with Gasteiger partial charge < -0.3 is 14.5 Å². The van der Waals surface area contributed by atoms with Crippen molar-refractivity contribution in [1.29, 1.82) is 0 Å². The lowest BCUT2D eigenvalue weighted by atomic mass is 10.2. The van der Waals surface area contributed by atoms with Crippen LogP contribution in [0.25, 0.3) is 0 Å². The van der Waals surface area contributed by atoms with Gasteiger partial charge in [0.05, 0.1) is 6.54 Å². The highest BCUT2D eigenvalue weighted by atomic mass is 32.2. The SMILES string of the molecule is CCNCc1cc(COc2ccc(SC)cc2)c(C)o1. The average Bonchev–Trinajstić information content (AvgIpc) is 2.83. The minimum atomic E-state index is 0.542. The van der Waals surface area contributed by atoms with Gasteiger partial charge in [-0.1, -0.05) is 6.92 Å². The second kappa shape index (κ2) is 7.41. The van der Waals surface area contributed by atoms with Crippen molar-refractivity contribution in [2.24, 2.45) is 0 Å². The minimum Gasteiger partial charge on any atom is -0.489 e. The van der Waals surface area contributed by atoms with E-state index in [0.717, 1.165) is 35.9 Å². The van der Waals surface area contributed by atoms with Crippen molar-refractivity contribution >= 4 is 11.8 Å². The average molecular weight is 291 g/mol. The smallest absolute Gasteiger partial charge is 0.119 e. The maximum absolute atomic E-state index is 5.80. The van der Waals surface area contributed by atoms with Crippen LogP contribution in [0.5, 0.6) is 5.75 Å².